The molecule has 1 aliphatic carbocycles. The lowest BCUT2D eigenvalue weighted by atomic mass is 9.96. The van der Waals surface area contributed by atoms with E-state index < -0.39 is 22.0 Å². The fraction of sp³-hybridized carbons (Fsp3) is 0.321. The second-order valence-electron chi connectivity index (χ2n) is 9.15. The number of thioether (sulfide) groups is 1. The highest BCUT2D eigenvalue weighted by molar-refractivity contribution is 8.00. The van der Waals surface area contributed by atoms with Crippen molar-refractivity contribution in [1.29, 1.82) is 0 Å². The molecule has 1 unspecified atom stereocenters. The van der Waals surface area contributed by atoms with Crippen molar-refractivity contribution in [2.24, 2.45) is 0 Å². The summed E-state index contributed by atoms with van der Waals surface area (Å²) in [5.74, 6) is -1.16. The van der Waals surface area contributed by atoms with Crippen LogP contribution in [-0.2, 0) is 22.4 Å². The van der Waals surface area contributed by atoms with Gasteiger partial charge in [-0.05, 0) is 62.4 Å². The molecule has 3 aromatic rings. The molecular weight excluding hydrogens is 538 g/mol. The minimum absolute atomic E-state index is 0.167. The van der Waals surface area contributed by atoms with Gasteiger partial charge in [0.05, 0.1) is 22.8 Å². The lowest BCUT2D eigenvalue weighted by molar-refractivity contribution is -0.384. The second kappa shape index (κ2) is 12.9. The van der Waals surface area contributed by atoms with Crippen LogP contribution in [-0.4, -0.2) is 35.1 Å². The molecule has 2 aromatic carbocycles. The van der Waals surface area contributed by atoms with Crippen molar-refractivity contribution in [3.05, 3.63) is 80.2 Å². The summed E-state index contributed by atoms with van der Waals surface area (Å²) in [6.45, 7) is 1.77. The van der Waals surface area contributed by atoms with Crippen LogP contribution in [0.25, 0.3) is 0 Å². The molecule has 0 spiro atoms. The number of ether oxygens (including phenoxy) is 1. The Morgan fingerprint density at radius 3 is 2.51 bits per heavy atom. The van der Waals surface area contributed by atoms with Crippen molar-refractivity contribution in [2.45, 2.75) is 55.6 Å². The third-order valence-corrected chi connectivity index (χ3v) is 8.69. The van der Waals surface area contributed by atoms with Crippen molar-refractivity contribution >= 4 is 57.3 Å². The minimum atomic E-state index is -0.553. The Kier molecular flexibility index (Phi) is 9.36. The van der Waals surface area contributed by atoms with Gasteiger partial charge in [0.15, 0.2) is 0 Å². The Hall–Kier alpha value is -3.70. The van der Waals surface area contributed by atoms with E-state index in [1.165, 1.54) is 54.5 Å². The van der Waals surface area contributed by atoms with E-state index >= 15 is 0 Å². The summed E-state index contributed by atoms with van der Waals surface area (Å²) in [7, 11) is 1.35. The molecule has 2 amide bonds. The average Bonchev–Trinajstić information content (AvgIpc) is 3.23. The van der Waals surface area contributed by atoms with Crippen LogP contribution in [0.2, 0.25) is 0 Å². The SMILES string of the molecule is COC(=O)c1c(NC(=O)C(C)Sc2cccc(NC(=O)c3cccc([N+](=O)[O-])c3)c2)sc2c1CCCCCC2. The standard InChI is InChI=1S/C28H29N3O6S2/c1-17(25(32)30-27-24(28(34)37-2)22-13-5-3-4-6-14-23(22)39-27)38-21-12-8-10-19(16-21)29-26(33)18-9-7-11-20(15-18)31(35)36/h7-12,15-17H,3-6,13-14H2,1-2H3,(H,29,33)(H,30,32). The van der Waals surface area contributed by atoms with Crippen LogP contribution in [0.3, 0.4) is 0 Å². The third kappa shape index (κ3) is 7.04. The molecule has 0 bridgehead atoms. The summed E-state index contributed by atoms with van der Waals surface area (Å²) in [5.41, 5.74) is 1.96. The van der Waals surface area contributed by atoms with Gasteiger partial charge in [-0.3, -0.25) is 19.7 Å². The number of carbonyl (C=O) groups excluding carboxylic acids is 3. The normalized spacial score (nSPS) is 13.8. The van der Waals surface area contributed by atoms with Gasteiger partial charge in [0.25, 0.3) is 11.6 Å². The molecule has 1 heterocycles. The number of nitrogens with zero attached hydrogens (tertiary/aromatic N) is 1. The molecule has 0 aliphatic heterocycles. The number of fused-ring (bicyclic) bond motifs is 1. The van der Waals surface area contributed by atoms with Crippen molar-refractivity contribution < 1.29 is 24.0 Å². The van der Waals surface area contributed by atoms with E-state index in [4.69, 9.17) is 4.74 Å². The van der Waals surface area contributed by atoms with Gasteiger partial charge >= 0.3 is 5.97 Å². The molecule has 11 heteroatoms. The van der Waals surface area contributed by atoms with E-state index in [0.29, 0.717) is 16.3 Å². The van der Waals surface area contributed by atoms with Crippen molar-refractivity contribution in [2.75, 3.05) is 17.7 Å². The van der Waals surface area contributed by atoms with Crippen LogP contribution < -0.4 is 10.6 Å². The highest BCUT2D eigenvalue weighted by Crippen LogP contribution is 2.38. The lowest BCUT2D eigenvalue weighted by Crippen LogP contribution is -2.23. The van der Waals surface area contributed by atoms with Crippen LogP contribution in [0.15, 0.2) is 53.4 Å². The Morgan fingerprint density at radius 1 is 1.03 bits per heavy atom. The number of amides is 2. The topological polar surface area (TPSA) is 128 Å². The van der Waals surface area contributed by atoms with E-state index in [1.807, 2.05) is 6.07 Å². The molecule has 0 saturated carbocycles. The first-order valence-electron chi connectivity index (χ1n) is 12.6. The molecule has 0 fully saturated rings. The molecule has 0 saturated heterocycles. The molecule has 1 aromatic heterocycles. The highest BCUT2D eigenvalue weighted by Gasteiger charge is 2.27. The molecule has 1 aliphatic rings. The van der Waals surface area contributed by atoms with E-state index in [1.54, 1.807) is 25.1 Å². The van der Waals surface area contributed by atoms with Crippen LogP contribution in [0.1, 0.15) is 63.8 Å². The summed E-state index contributed by atoms with van der Waals surface area (Å²) in [5, 5.41) is 16.8. The minimum Gasteiger partial charge on any atom is -0.465 e. The quantitative estimate of drug-likeness (QED) is 0.138. The smallest absolute Gasteiger partial charge is 0.341 e. The highest BCUT2D eigenvalue weighted by atomic mass is 32.2. The Morgan fingerprint density at radius 2 is 1.77 bits per heavy atom. The van der Waals surface area contributed by atoms with Crippen molar-refractivity contribution in [3.63, 3.8) is 0 Å². The van der Waals surface area contributed by atoms with Crippen LogP contribution in [0, 0.1) is 10.1 Å². The average molecular weight is 568 g/mol. The van der Waals surface area contributed by atoms with Gasteiger partial charge in [-0.2, -0.15) is 0 Å². The third-order valence-electron chi connectivity index (χ3n) is 6.39. The lowest BCUT2D eigenvalue weighted by Gasteiger charge is -2.13. The van der Waals surface area contributed by atoms with Crippen LogP contribution in [0.4, 0.5) is 16.4 Å². The molecule has 4 rings (SSSR count). The summed E-state index contributed by atoms with van der Waals surface area (Å²) >= 11 is 2.77. The van der Waals surface area contributed by atoms with Gasteiger partial charge in [-0.25, -0.2) is 4.79 Å². The van der Waals surface area contributed by atoms with E-state index in [-0.39, 0.29) is 17.2 Å². The maximum absolute atomic E-state index is 13.2. The van der Waals surface area contributed by atoms with Gasteiger partial charge in [0, 0.05) is 33.2 Å². The number of methoxy groups -OCH3 is 1. The number of hydrogen-bond acceptors (Lipinski definition) is 8. The molecule has 0 radical (unpaired) electrons. The molecule has 39 heavy (non-hydrogen) atoms. The number of esters is 1. The predicted octanol–water partition coefficient (Wildman–Crippen LogP) is 6.47. The Bertz CT molecular complexity index is 1400. The number of nitro benzene ring substituents is 1. The zero-order valence-corrected chi connectivity index (χ0v) is 23.3. The number of aryl methyl sites for hydroxylation is 1. The predicted molar refractivity (Wildman–Crippen MR) is 153 cm³/mol. The number of thiophene rings is 1. The Balaban J connectivity index is 1.45. The number of rotatable bonds is 8. The number of hydrogen-bond donors (Lipinski definition) is 2. The Labute approximate surface area is 234 Å². The molecule has 2 N–H and O–H groups in total. The van der Waals surface area contributed by atoms with Crippen molar-refractivity contribution in [3.8, 4) is 0 Å². The first kappa shape index (κ1) is 28.3. The van der Waals surface area contributed by atoms with E-state index in [9.17, 15) is 24.5 Å². The summed E-state index contributed by atoms with van der Waals surface area (Å²) in [6.07, 6.45) is 6.02. The monoisotopic (exact) mass is 567 g/mol. The van der Waals surface area contributed by atoms with Crippen LogP contribution in [0.5, 0.6) is 0 Å². The number of benzene rings is 2. The van der Waals surface area contributed by atoms with Crippen LogP contribution >= 0.6 is 23.1 Å². The van der Waals surface area contributed by atoms with Gasteiger partial charge in [-0.15, -0.1) is 23.1 Å². The van der Waals surface area contributed by atoms with Gasteiger partial charge in [0.1, 0.15) is 5.00 Å². The van der Waals surface area contributed by atoms with Gasteiger partial charge < -0.3 is 15.4 Å². The van der Waals surface area contributed by atoms with E-state index in [0.717, 1.165) is 53.9 Å². The number of anilines is 2. The van der Waals surface area contributed by atoms with Gasteiger partial charge in [0.2, 0.25) is 5.91 Å². The molecular formula is C28H29N3O6S2. The van der Waals surface area contributed by atoms with Crippen molar-refractivity contribution in [1.82, 2.24) is 0 Å². The zero-order valence-electron chi connectivity index (χ0n) is 21.7. The number of nitrogens with one attached hydrogen (secondary N) is 2. The fourth-order valence-electron chi connectivity index (χ4n) is 4.41. The summed E-state index contributed by atoms with van der Waals surface area (Å²) < 4.78 is 5.05. The van der Waals surface area contributed by atoms with E-state index in [2.05, 4.69) is 10.6 Å². The summed E-state index contributed by atoms with van der Waals surface area (Å²) in [4.78, 5) is 50.8. The zero-order chi connectivity index (χ0) is 27.9. The van der Waals surface area contributed by atoms with Gasteiger partial charge in [-0.1, -0.05) is 25.0 Å². The number of nitro groups is 1. The largest absolute Gasteiger partial charge is 0.465 e. The number of carbonyl (C=O) groups is 3. The molecule has 9 nitrogen and oxygen atoms in total. The fourth-order valence-corrected chi connectivity index (χ4v) is 6.61. The molecule has 204 valence electrons. The number of non-ortho nitro benzene ring substituents is 1. The maximum Gasteiger partial charge on any atom is 0.341 e. The molecule has 1 atom stereocenters. The second-order valence-corrected chi connectivity index (χ2v) is 11.7. The summed E-state index contributed by atoms with van der Waals surface area (Å²) in [6, 6.07) is 12.5. The first-order valence-corrected chi connectivity index (χ1v) is 14.3. The maximum atomic E-state index is 13.2. The first-order chi connectivity index (χ1) is 18.8.